The Labute approximate surface area is 140 Å². The molecule has 5 nitrogen and oxygen atoms in total. The summed E-state index contributed by atoms with van der Waals surface area (Å²) in [5, 5.41) is 0. The van der Waals surface area contributed by atoms with Crippen molar-refractivity contribution in [2.24, 2.45) is 5.41 Å². The lowest BCUT2D eigenvalue weighted by Gasteiger charge is -2.57. The van der Waals surface area contributed by atoms with Crippen LogP contribution in [0.1, 0.15) is 53.4 Å². The minimum atomic E-state index is -0.365. The summed E-state index contributed by atoms with van der Waals surface area (Å²) < 4.78 is 0. The average Bonchev–Trinajstić information content (AvgIpc) is 3.03. The molecule has 5 heteroatoms. The van der Waals surface area contributed by atoms with E-state index in [1.807, 2.05) is 23.6 Å². The van der Waals surface area contributed by atoms with Crippen molar-refractivity contribution in [3.05, 3.63) is 0 Å². The lowest BCUT2D eigenvalue weighted by molar-refractivity contribution is -0.185. The molecule has 2 amide bonds. The minimum absolute atomic E-state index is 0.111. The predicted molar refractivity (Wildman–Crippen MR) is 90.0 cm³/mol. The van der Waals surface area contributed by atoms with Crippen LogP contribution in [0.15, 0.2) is 0 Å². The first-order valence-electron chi connectivity index (χ1n) is 9.24. The van der Waals surface area contributed by atoms with Gasteiger partial charge in [0.05, 0.1) is 5.41 Å². The van der Waals surface area contributed by atoms with Crippen molar-refractivity contribution in [3.8, 4) is 0 Å². The fourth-order valence-corrected chi connectivity index (χ4v) is 4.70. The minimum Gasteiger partial charge on any atom is -0.338 e. The largest absolute Gasteiger partial charge is 0.338 e. The first-order chi connectivity index (χ1) is 10.9. The fraction of sp³-hybridized carbons (Fsp3) is 0.889. The first kappa shape index (κ1) is 16.7. The number of carbonyl (C=O) groups excluding carboxylic acids is 2. The number of amides is 2. The summed E-state index contributed by atoms with van der Waals surface area (Å²) >= 11 is 0. The quantitative estimate of drug-likeness (QED) is 0.744. The normalized spacial score (nSPS) is 28.1. The molecule has 1 spiro atoms. The van der Waals surface area contributed by atoms with Gasteiger partial charge in [0.2, 0.25) is 11.8 Å². The Morgan fingerprint density at radius 2 is 1.57 bits per heavy atom. The highest BCUT2D eigenvalue weighted by molar-refractivity contribution is 6.02. The monoisotopic (exact) mass is 321 g/mol. The zero-order chi connectivity index (χ0) is 16.8. The predicted octanol–water partition coefficient (Wildman–Crippen LogP) is 1.72. The fourth-order valence-electron chi connectivity index (χ4n) is 4.70. The third-order valence-corrected chi connectivity index (χ3v) is 6.10. The van der Waals surface area contributed by atoms with E-state index in [0.717, 1.165) is 51.9 Å². The maximum atomic E-state index is 13.2. The Morgan fingerprint density at radius 1 is 1.00 bits per heavy atom. The van der Waals surface area contributed by atoms with E-state index in [4.69, 9.17) is 0 Å². The highest BCUT2D eigenvalue weighted by atomic mass is 16.2. The lowest BCUT2D eigenvalue weighted by atomic mass is 9.67. The number of rotatable bonds is 3. The molecule has 1 aliphatic carbocycles. The van der Waals surface area contributed by atoms with Crippen LogP contribution < -0.4 is 0 Å². The van der Waals surface area contributed by atoms with Gasteiger partial charge in [-0.25, -0.2) is 0 Å². The molecule has 0 N–H and O–H groups in total. The number of likely N-dealkylation sites (tertiary alicyclic amines) is 1. The van der Waals surface area contributed by atoms with Gasteiger partial charge in [0, 0.05) is 38.3 Å². The zero-order valence-electron chi connectivity index (χ0n) is 15.0. The third-order valence-electron chi connectivity index (χ3n) is 6.10. The van der Waals surface area contributed by atoms with E-state index in [9.17, 15) is 9.59 Å². The van der Waals surface area contributed by atoms with Gasteiger partial charge in [0.25, 0.3) is 0 Å². The zero-order valence-corrected chi connectivity index (χ0v) is 15.0. The first-order valence-corrected chi connectivity index (χ1v) is 9.24. The molecule has 1 saturated carbocycles. The van der Waals surface area contributed by atoms with Crippen molar-refractivity contribution in [3.63, 3.8) is 0 Å². The summed E-state index contributed by atoms with van der Waals surface area (Å²) in [7, 11) is 0. The maximum Gasteiger partial charge on any atom is 0.246 e. The van der Waals surface area contributed by atoms with Crippen LogP contribution in [0.4, 0.5) is 0 Å². The maximum absolute atomic E-state index is 13.2. The summed E-state index contributed by atoms with van der Waals surface area (Å²) in [6.07, 6.45) is 3.97. The van der Waals surface area contributed by atoms with Gasteiger partial charge in [-0.1, -0.05) is 12.8 Å². The van der Waals surface area contributed by atoms with Crippen molar-refractivity contribution in [1.29, 1.82) is 0 Å². The van der Waals surface area contributed by atoms with Crippen molar-refractivity contribution in [2.75, 3.05) is 26.2 Å². The molecular formula is C18H31N3O2. The summed E-state index contributed by atoms with van der Waals surface area (Å²) in [4.78, 5) is 32.2. The molecule has 3 fully saturated rings. The number of nitrogens with zero attached hydrogens (tertiary/aromatic N) is 3. The van der Waals surface area contributed by atoms with Gasteiger partial charge in [0.1, 0.15) is 6.04 Å². The SMILES string of the molecule is CC(C)N1CCN(C(=O)C2N(C(C)C)C(=O)C23CCCC3)CC1. The van der Waals surface area contributed by atoms with Gasteiger partial charge in [0.15, 0.2) is 0 Å². The van der Waals surface area contributed by atoms with E-state index in [-0.39, 0.29) is 29.3 Å². The molecule has 0 aromatic carbocycles. The van der Waals surface area contributed by atoms with Crippen LogP contribution in [0.3, 0.4) is 0 Å². The summed E-state index contributed by atoms with van der Waals surface area (Å²) in [5.41, 5.74) is -0.365. The standard InChI is InChI=1S/C18H31N3O2/c1-13(2)19-9-11-20(12-10-19)16(22)15-18(7-5-6-8-18)17(23)21(15)14(3)4/h13-15H,5-12H2,1-4H3. The molecule has 0 aromatic rings. The number of β-lactam (4-membered cyclic amide) rings is 1. The van der Waals surface area contributed by atoms with Gasteiger partial charge in [-0.2, -0.15) is 0 Å². The molecule has 23 heavy (non-hydrogen) atoms. The molecule has 130 valence electrons. The van der Waals surface area contributed by atoms with Gasteiger partial charge in [-0.3, -0.25) is 14.5 Å². The lowest BCUT2D eigenvalue weighted by Crippen LogP contribution is -2.75. The van der Waals surface area contributed by atoms with E-state index >= 15 is 0 Å². The highest BCUT2D eigenvalue weighted by Crippen LogP contribution is 2.52. The Morgan fingerprint density at radius 3 is 2.04 bits per heavy atom. The van der Waals surface area contributed by atoms with Crippen molar-refractivity contribution >= 4 is 11.8 Å². The third kappa shape index (κ3) is 2.57. The molecule has 0 aromatic heterocycles. The number of hydrogen-bond acceptors (Lipinski definition) is 3. The van der Waals surface area contributed by atoms with Crippen molar-refractivity contribution in [1.82, 2.24) is 14.7 Å². The Kier molecular flexibility index (Phi) is 4.43. The molecule has 3 rings (SSSR count). The Balaban J connectivity index is 1.73. The molecule has 0 radical (unpaired) electrons. The molecule has 1 unspecified atom stereocenters. The van der Waals surface area contributed by atoms with Crippen molar-refractivity contribution < 1.29 is 9.59 Å². The average molecular weight is 321 g/mol. The van der Waals surface area contributed by atoms with Crippen molar-refractivity contribution in [2.45, 2.75) is 71.5 Å². The van der Waals surface area contributed by atoms with Gasteiger partial charge in [-0.15, -0.1) is 0 Å². The van der Waals surface area contributed by atoms with Crippen LogP contribution in [-0.2, 0) is 9.59 Å². The number of piperazine rings is 1. The topological polar surface area (TPSA) is 43.9 Å². The second kappa shape index (κ2) is 6.08. The number of hydrogen-bond donors (Lipinski definition) is 0. The molecule has 2 aliphatic heterocycles. The van der Waals surface area contributed by atoms with Gasteiger partial charge in [-0.05, 0) is 40.5 Å². The number of carbonyl (C=O) groups is 2. The van der Waals surface area contributed by atoms with E-state index in [1.165, 1.54) is 0 Å². The van der Waals surface area contributed by atoms with Gasteiger partial charge >= 0.3 is 0 Å². The molecule has 2 heterocycles. The summed E-state index contributed by atoms with van der Waals surface area (Å²) in [5.74, 6) is 0.424. The molecule has 0 bridgehead atoms. The molecule has 3 aliphatic rings. The van der Waals surface area contributed by atoms with E-state index in [2.05, 4.69) is 18.7 Å². The van der Waals surface area contributed by atoms with Gasteiger partial charge < -0.3 is 9.80 Å². The summed E-state index contributed by atoms with van der Waals surface area (Å²) in [6.45, 7) is 11.9. The van der Waals surface area contributed by atoms with Crippen LogP contribution in [-0.4, -0.2) is 70.8 Å². The Bertz CT molecular complexity index is 475. The van der Waals surface area contributed by atoms with Crippen LogP contribution >= 0.6 is 0 Å². The van der Waals surface area contributed by atoms with E-state index < -0.39 is 0 Å². The van der Waals surface area contributed by atoms with Crippen LogP contribution in [0, 0.1) is 5.41 Å². The summed E-state index contributed by atoms with van der Waals surface area (Å²) in [6, 6.07) is 0.439. The second-order valence-corrected chi connectivity index (χ2v) is 8.03. The smallest absolute Gasteiger partial charge is 0.246 e. The molecule has 2 saturated heterocycles. The highest BCUT2D eigenvalue weighted by Gasteiger charge is 2.65. The Hall–Kier alpha value is -1.10. The second-order valence-electron chi connectivity index (χ2n) is 8.03. The van der Waals surface area contributed by atoms with Crippen LogP contribution in [0.25, 0.3) is 0 Å². The van der Waals surface area contributed by atoms with E-state index in [1.54, 1.807) is 0 Å². The van der Waals surface area contributed by atoms with Crippen LogP contribution in [0.2, 0.25) is 0 Å². The van der Waals surface area contributed by atoms with Crippen LogP contribution in [0.5, 0.6) is 0 Å². The molecular weight excluding hydrogens is 290 g/mol. The van der Waals surface area contributed by atoms with E-state index in [0.29, 0.717) is 6.04 Å². The molecule has 1 atom stereocenters.